The number of nitriles is 1. The Morgan fingerprint density at radius 1 is 0.897 bits per heavy atom. The molecule has 1 heteroatoms. The molecule has 1 aliphatic rings. The van der Waals surface area contributed by atoms with Crippen LogP contribution in [-0.2, 0) is 12.8 Å². The van der Waals surface area contributed by atoms with Crippen molar-refractivity contribution in [3.63, 3.8) is 0 Å². The fourth-order valence-corrected chi connectivity index (χ4v) is 4.35. The lowest BCUT2D eigenvalue weighted by atomic mass is 9.78. The van der Waals surface area contributed by atoms with Crippen molar-refractivity contribution < 1.29 is 0 Å². The molecule has 1 nitrogen and oxygen atoms in total. The van der Waals surface area contributed by atoms with E-state index in [0.29, 0.717) is 11.8 Å². The van der Waals surface area contributed by atoms with Crippen molar-refractivity contribution in [2.24, 2.45) is 5.92 Å². The summed E-state index contributed by atoms with van der Waals surface area (Å²) < 4.78 is 0. The molecule has 0 bridgehead atoms. The maximum atomic E-state index is 9.45. The van der Waals surface area contributed by atoms with Crippen molar-refractivity contribution in [3.8, 4) is 17.9 Å². The van der Waals surface area contributed by atoms with Gasteiger partial charge in [-0.05, 0) is 79.7 Å². The summed E-state index contributed by atoms with van der Waals surface area (Å²) in [5.41, 5.74) is 5.88. The third-order valence-corrected chi connectivity index (χ3v) is 6.17. The summed E-state index contributed by atoms with van der Waals surface area (Å²) >= 11 is 0. The van der Waals surface area contributed by atoms with Crippen molar-refractivity contribution in [1.82, 2.24) is 0 Å². The van der Waals surface area contributed by atoms with Crippen molar-refractivity contribution >= 4 is 0 Å². The standard InChI is InChI=1S/C28H33N/c1-3-5-7-25-19-14-24(20-28(25)21-29)9-8-23-12-17-27(18-13-23)26-15-10-22(6-4-2)11-16-26/h10-11,14-16,19-20,23,27H,3-7,12-13,17-18H2,1-2H3. The predicted molar refractivity (Wildman–Crippen MR) is 122 cm³/mol. The van der Waals surface area contributed by atoms with E-state index in [9.17, 15) is 5.26 Å². The minimum absolute atomic E-state index is 0.482. The molecule has 0 N–H and O–H groups in total. The summed E-state index contributed by atoms with van der Waals surface area (Å²) in [6.45, 7) is 4.42. The molecule has 1 saturated carbocycles. The van der Waals surface area contributed by atoms with Crippen molar-refractivity contribution in [2.75, 3.05) is 0 Å². The average molecular weight is 384 g/mol. The Labute approximate surface area is 177 Å². The number of rotatable bonds is 6. The molecule has 29 heavy (non-hydrogen) atoms. The fourth-order valence-electron chi connectivity index (χ4n) is 4.35. The van der Waals surface area contributed by atoms with Gasteiger partial charge in [0, 0.05) is 11.5 Å². The highest BCUT2D eigenvalue weighted by Crippen LogP contribution is 2.35. The van der Waals surface area contributed by atoms with Gasteiger partial charge in [0.15, 0.2) is 0 Å². The Kier molecular flexibility index (Phi) is 7.95. The van der Waals surface area contributed by atoms with Crippen LogP contribution in [0.3, 0.4) is 0 Å². The van der Waals surface area contributed by atoms with Crippen LogP contribution in [0.5, 0.6) is 0 Å². The molecule has 150 valence electrons. The first kappa shape index (κ1) is 21.2. The van der Waals surface area contributed by atoms with Crippen LogP contribution in [0.15, 0.2) is 42.5 Å². The van der Waals surface area contributed by atoms with E-state index in [0.717, 1.165) is 36.0 Å². The number of hydrogen-bond donors (Lipinski definition) is 0. The molecule has 0 atom stereocenters. The van der Waals surface area contributed by atoms with Crippen LogP contribution < -0.4 is 0 Å². The first-order chi connectivity index (χ1) is 14.2. The Morgan fingerprint density at radius 2 is 1.66 bits per heavy atom. The lowest BCUT2D eigenvalue weighted by molar-refractivity contribution is 0.384. The van der Waals surface area contributed by atoms with E-state index < -0.39 is 0 Å². The van der Waals surface area contributed by atoms with Gasteiger partial charge in [0.1, 0.15) is 0 Å². The number of hydrogen-bond acceptors (Lipinski definition) is 1. The summed E-state index contributed by atoms with van der Waals surface area (Å²) in [7, 11) is 0. The maximum absolute atomic E-state index is 9.45. The number of aryl methyl sites for hydroxylation is 2. The summed E-state index contributed by atoms with van der Waals surface area (Å²) in [6, 6.07) is 17.8. The Balaban J connectivity index is 1.57. The molecule has 0 radical (unpaired) electrons. The van der Waals surface area contributed by atoms with Gasteiger partial charge in [-0.1, -0.05) is 68.9 Å². The second kappa shape index (κ2) is 10.9. The minimum atomic E-state index is 0.482. The highest BCUT2D eigenvalue weighted by atomic mass is 14.3. The monoisotopic (exact) mass is 383 g/mol. The molecule has 2 aromatic carbocycles. The van der Waals surface area contributed by atoms with E-state index in [1.54, 1.807) is 0 Å². The van der Waals surface area contributed by atoms with Crippen LogP contribution in [0.4, 0.5) is 0 Å². The molecule has 3 rings (SSSR count). The summed E-state index contributed by atoms with van der Waals surface area (Å²) in [5.74, 6) is 8.01. The lowest BCUT2D eigenvalue weighted by Crippen LogP contribution is -2.12. The van der Waals surface area contributed by atoms with E-state index in [4.69, 9.17) is 0 Å². The average Bonchev–Trinajstić information content (AvgIpc) is 2.77. The third-order valence-electron chi connectivity index (χ3n) is 6.17. The van der Waals surface area contributed by atoms with Crippen molar-refractivity contribution in [2.45, 2.75) is 77.6 Å². The zero-order chi connectivity index (χ0) is 20.5. The Morgan fingerprint density at radius 3 is 2.31 bits per heavy atom. The van der Waals surface area contributed by atoms with E-state index >= 15 is 0 Å². The SMILES string of the molecule is CCCCc1ccc(C#CC2CCC(c3ccc(CCC)cc3)CC2)cc1C#N. The molecule has 0 saturated heterocycles. The van der Waals surface area contributed by atoms with Crippen molar-refractivity contribution in [3.05, 3.63) is 70.3 Å². The van der Waals surface area contributed by atoms with Crippen LogP contribution in [0.2, 0.25) is 0 Å². The first-order valence-corrected chi connectivity index (χ1v) is 11.4. The van der Waals surface area contributed by atoms with Gasteiger partial charge >= 0.3 is 0 Å². The van der Waals surface area contributed by atoms with Gasteiger partial charge in [0.25, 0.3) is 0 Å². The Bertz CT molecular complexity index is 881. The molecule has 0 aromatic heterocycles. The highest BCUT2D eigenvalue weighted by Gasteiger charge is 2.21. The van der Waals surface area contributed by atoms with Crippen LogP contribution in [0.25, 0.3) is 0 Å². The predicted octanol–water partition coefficient (Wildman–Crippen LogP) is 7.18. The summed E-state index contributed by atoms with van der Waals surface area (Å²) in [4.78, 5) is 0. The molecular formula is C28H33N. The normalized spacial score (nSPS) is 18.5. The van der Waals surface area contributed by atoms with Crippen molar-refractivity contribution in [1.29, 1.82) is 5.26 Å². The van der Waals surface area contributed by atoms with Crippen LogP contribution in [0, 0.1) is 29.1 Å². The second-order valence-corrected chi connectivity index (χ2v) is 8.40. The Hall–Kier alpha value is -2.51. The van der Waals surface area contributed by atoms with E-state index in [1.807, 2.05) is 6.07 Å². The largest absolute Gasteiger partial charge is 0.192 e. The molecule has 0 unspecified atom stereocenters. The van der Waals surface area contributed by atoms with E-state index in [2.05, 4.69) is 68.2 Å². The number of unbranched alkanes of at least 4 members (excludes halogenated alkanes) is 1. The zero-order valence-corrected chi connectivity index (χ0v) is 18.0. The second-order valence-electron chi connectivity index (χ2n) is 8.40. The fraction of sp³-hybridized carbons (Fsp3) is 0.464. The minimum Gasteiger partial charge on any atom is -0.192 e. The molecule has 0 heterocycles. The molecule has 0 spiro atoms. The van der Waals surface area contributed by atoms with Crippen LogP contribution >= 0.6 is 0 Å². The number of benzene rings is 2. The highest BCUT2D eigenvalue weighted by molar-refractivity contribution is 5.46. The van der Waals surface area contributed by atoms with Gasteiger partial charge in [-0.3, -0.25) is 0 Å². The summed E-state index contributed by atoms with van der Waals surface area (Å²) in [5, 5.41) is 9.45. The quantitative estimate of drug-likeness (QED) is 0.485. The third kappa shape index (κ3) is 5.98. The van der Waals surface area contributed by atoms with Gasteiger partial charge in [-0.25, -0.2) is 0 Å². The first-order valence-electron chi connectivity index (χ1n) is 11.4. The van der Waals surface area contributed by atoms with Gasteiger partial charge in [-0.15, -0.1) is 0 Å². The van der Waals surface area contributed by atoms with Gasteiger partial charge < -0.3 is 0 Å². The zero-order valence-electron chi connectivity index (χ0n) is 18.0. The van der Waals surface area contributed by atoms with Crippen LogP contribution in [-0.4, -0.2) is 0 Å². The molecule has 0 aliphatic heterocycles. The van der Waals surface area contributed by atoms with E-state index in [1.165, 1.54) is 49.7 Å². The van der Waals surface area contributed by atoms with E-state index in [-0.39, 0.29) is 0 Å². The molecule has 2 aromatic rings. The topological polar surface area (TPSA) is 23.8 Å². The maximum Gasteiger partial charge on any atom is 0.0994 e. The molecular weight excluding hydrogens is 350 g/mol. The summed E-state index contributed by atoms with van der Waals surface area (Å²) in [6.07, 6.45) is 10.5. The van der Waals surface area contributed by atoms with Gasteiger partial charge in [0.05, 0.1) is 11.6 Å². The van der Waals surface area contributed by atoms with Crippen LogP contribution in [0.1, 0.15) is 92.5 Å². The van der Waals surface area contributed by atoms with Gasteiger partial charge in [0.2, 0.25) is 0 Å². The smallest absolute Gasteiger partial charge is 0.0994 e. The lowest BCUT2D eigenvalue weighted by Gasteiger charge is -2.26. The van der Waals surface area contributed by atoms with Gasteiger partial charge in [-0.2, -0.15) is 5.26 Å². The molecule has 1 aliphatic carbocycles. The number of nitrogens with zero attached hydrogens (tertiary/aromatic N) is 1. The molecule has 1 fully saturated rings. The molecule has 0 amide bonds.